The van der Waals surface area contributed by atoms with E-state index in [4.69, 9.17) is 5.11 Å². The fraction of sp³-hybridized carbons (Fsp3) is 0.842. The van der Waals surface area contributed by atoms with Gasteiger partial charge in [0, 0.05) is 6.08 Å². The van der Waals surface area contributed by atoms with E-state index in [1.54, 1.807) is 0 Å². The van der Waals surface area contributed by atoms with Gasteiger partial charge in [-0.15, -0.1) is 0 Å². The number of aliphatic carboxylic acids is 1. The van der Waals surface area contributed by atoms with Crippen LogP contribution in [0.1, 0.15) is 104 Å². The first-order valence-corrected chi connectivity index (χ1v) is 9.13. The van der Waals surface area contributed by atoms with Crippen LogP contribution in [0.5, 0.6) is 0 Å². The first kappa shape index (κ1) is 20.2. The first-order chi connectivity index (χ1) is 10.2. The van der Waals surface area contributed by atoms with Crippen molar-refractivity contribution in [3.63, 3.8) is 0 Å². The first-order valence-electron chi connectivity index (χ1n) is 9.13. The Morgan fingerprint density at radius 2 is 1.10 bits per heavy atom. The van der Waals surface area contributed by atoms with E-state index >= 15 is 0 Å². The highest BCUT2D eigenvalue weighted by molar-refractivity contribution is 5.80. The Labute approximate surface area is 132 Å². The van der Waals surface area contributed by atoms with Crippen molar-refractivity contribution < 1.29 is 9.90 Å². The van der Waals surface area contributed by atoms with Gasteiger partial charge < -0.3 is 5.11 Å². The zero-order chi connectivity index (χ0) is 15.8. The molecule has 0 atom stereocenters. The molecule has 0 aromatic carbocycles. The van der Waals surface area contributed by atoms with Gasteiger partial charge in [0.05, 0.1) is 0 Å². The fourth-order valence-corrected chi connectivity index (χ4v) is 2.71. The molecular formula is C19H36O2. The van der Waals surface area contributed by atoms with Gasteiger partial charge in [-0.3, -0.25) is 0 Å². The van der Waals surface area contributed by atoms with E-state index < -0.39 is 5.97 Å². The van der Waals surface area contributed by atoms with Crippen LogP contribution >= 0.6 is 0 Å². The molecule has 0 aliphatic rings. The van der Waals surface area contributed by atoms with Crippen LogP contribution in [0.2, 0.25) is 0 Å². The lowest BCUT2D eigenvalue weighted by molar-refractivity contribution is -0.131. The van der Waals surface area contributed by atoms with Gasteiger partial charge in [-0.1, -0.05) is 83.6 Å². The summed E-state index contributed by atoms with van der Waals surface area (Å²) >= 11 is 0. The van der Waals surface area contributed by atoms with Crippen molar-refractivity contribution in [3.05, 3.63) is 11.6 Å². The summed E-state index contributed by atoms with van der Waals surface area (Å²) in [6.07, 6.45) is 18.7. The molecule has 0 aromatic heterocycles. The van der Waals surface area contributed by atoms with Crippen molar-refractivity contribution >= 4 is 5.97 Å². The molecule has 0 saturated carbocycles. The van der Waals surface area contributed by atoms with Crippen LogP contribution in [0.25, 0.3) is 0 Å². The van der Waals surface area contributed by atoms with Crippen molar-refractivity contribution in [2.45, 2.75) is 104 Å². The van der Waals surface area contributed by atoms with Crippen molar-refractivity contribution in [2.75, 3.05) is 0 Å². The maximum Gasteiger partial charge on any atom is 0.328 e. The second-order valence-electron chi connectivity index (χ2n) is 6.18. The molecule has 124 valence electrons. The van der Waals surface area contributed by atoms with Gasteiger partial charge in [-0.25, -0.2) is 4.79 Å². The third-order valence-corrected chi connectivity index (χ3v) is 4.03. The molecule has 0 amide bonds. The Kier molecular flexibility index (Phi) is 15.0. The van der Waals surface area contributed by atoms with Crippen LogP contribution in [0.3, 0.4) is 0 Å². The number of hydrogen-bond donors (Lipinski definition) is 1. The molecule has 0 bridgehead atoms. The van der Waals surface area contributed by atoms with Gasteiger partial charge in [0.1, 0.15) is 0 Å². The normalized spacial score (nSPS) is 11.8. The van der Waals surface area contributed by atoms with E-state index in [1.807, 2.05) is 0 Å². The van der Waals surface area contributed by atoms with Gasteiger partial charge in [0.15, 0.2) is 0 Å². The molecule has 0 aliphatic carbocycles. The maximum absolute atomic E-state index is 10.9. The van der Waals surface area contributed by atoms with Crippen molar-refractivity contribution in [1.82, 2.24) is 0 Å². The van der Waals surface area contributed by atoms with E-state index in [2.05, 4.69) is 13.8 Å². The molecule has 0 radical (unpaired) electrons. The standard InChI is InChI=1S/C19H36O2/c1-3-5-7-9-10-11-12-14-16-18(17-19(20)21)15-13-8-6-4-2/h17H,3-16H2,1-2H3,(H,20,21)/b18-17+. The summed E-state index contributed by atoms with van der Waals surface area (Å²) in [5, 5.41) is 8.93. The molecule has 2 nitrogen and oxygen atoms in total. The van der Waals surface area contributed by atoms with Crippen LogP contribution in [-0.2, 0) is 4.79 Å². The number of unbranched alkanes of at least 4 members (excludes halogenated alkanes) is 10. The minimum absolute atomic E-state index is 0.778. The Bertz CT molecular complexity index is 269. The number of carboxylic acids is 1. The van der Waals surface area contributed by atoms with Crippen molar-refractivity contribution in [1.29, 1.82) is 0 Å². The number of allylic oxidation sites excluding steroid dienone is 1. The lowest BCUT2D eigenvalue weighted by Gasteiger charge is -2.07. The molecule has 1 N–H and O–H groups in total. The molecular weight excluding hydrogens is 260 g/mol. The molecule has 0 unspecified atom stereocenters. The second-order valence-corrected chi connectivity index (χ2v) is 6.18. The maximum atomic E-state index is 10.9. The smallest absolute Gasteiger partial charge is 0.328 e. The lowest BCUT2D eigenvalue weighted by Crippen LogP contribution is -1.94. The van der Waals surface area contributed by atoms with Gasteiger partial charge in [0.25, 0.3) is 0 Å². The van der Waals surface area contributed by atoms with Crippen molar-refractivity contribution in [2.24, 2.45) is 0 Å². The predicted molar refractivity (Wildman–Crippen MR) is 91.7 cm³/mol. The largest absolute Gasteiger partial charge is 0.478 e. The van der Waals surface area contributed by atoms with Crippen LogP contribution in [0, 0.1) is 0 Å². The highest BCUT2D eigenvalue weighted by Gasteiger charge is 2.02. The molecule has 0 rings (SSSR count). The quantitative estimate of drug-likeness (QED) is 0.277. The summed E-state index contributed by atoms with van der Waals surface area (Å²) in [4.78, 5) is 10.9. The van der Waals surface area contributed by atoms with Crippen molar-refractivity contribution in [3.8, 4) is 0 Å². The highest BCUT2D eigenvalue weighted by atomic mass is 16.4. The van der Waals surface area contributed by atoms with E-state index in [0.717, 1.165) is 31.3 Å². The average molecular weight is 296 g/mol. The summed E-state index contributed by atoms with van der Waals surface area (Å²) < 4.78 is 0. The molecule has 0 fully saturated rings. The molecule has 0 aromatic rings. The molecule has 0 saturated heterocycles. The monoisotopic (exact) mass is 296 g/mol. The van der Waals surface area contributed by atoms with Gasteiger partial charge in [0.2, 0.25) is 0 Å². The number of carbonyl (C=O) groups is 1. The average Bonchev–Trinajstić information content (AvgIpc) is 2.45. The Morgan fingerprint density at radius 3 is 1.52 bits per heavy atom. The predicted octanol–water partition coefficient (Wildman–Crippen LogP) is 6.50. The van der Waals surface area contributed by atoms with Crippen LogP contribution < -0.4 is 0 Å². The molecule has 2 heteroatoms. The minimum Gasteiger partial charge on any atom is -0.478 e. The summed E-state index contributed by atoms with van der Waals surface area (Å²) in [5.74, 6) is -0.778. The number of rotatable bonds is 15. The SMILES string of the molecule is CCCCCCCCCC/C(=C/C(=O)O)CCCCCC. The van der Waals surface area contributed by atoms with E-state index in [9.17, 15) is 4.79 Å². The highest BCUT2D eigenvalue weighted by Crippen LogP contribution is 2.18. The topological polar surface area (TPSA) is 37.3 Å². The Hall–Kier alpha value is -0.790. The van der Waals surface area contributed by atoms with Gasteiger partial charge in [-0.2, -0.15) is 0 Å². The second kappa shape index (κ2) is 15.6. The van der Waals surface area contributed by atoms with E-state index in [-0.39, 0.29) is 0 Å². The molecule has 0 heterocycles. The zero-order valence-electron chi connectivity index (χ0n) is 14.3. The van der Waals surface area contributed by atoms with E-state index in [1.165, 1.54) is 70.3 Å². The fourth-order valence-electron chi connectivity index (χ4n) is 2.71. The summed E-state index contributed by atoms with van der Waals surface area (Å²) in [6.45, 7) is 4.45. The third-order valence-electron chi connectivity index (χ3n) is 4.03. The van der Waals surface area contributed by atoms with Crippen LogP contribution in [0.4, 0.5) is 0 Å². The van der Waals surface area contributed by atoms with Crippen LogP contribution in [-0.4, -0.2) is 11.1 Å². The summed E-state index contributed by atoms with van der Waals surface area (Å²) in [6, 6.07) is 0. The Balaban J connectivity index is 3.69. The Morgan fingerprint density at radius 1 is 0.714 bits per heavy atom. The molecule has 21 heavy (non-hydrogen) atoms. The van der Waals surface area contributed by atoms with Gasteiger partial charge in [-0.05, 0) is 25.7 Å². The summed E-state index contributed by atoms with van der Waals surface area (Å²) in [5.41, 5.74) is 1.14. The number of carboxylic acid groups (broad SMARTS) is 1. The number of hydrogen-bond acceptors (Lipinski definition) is 1. The third kappa shape index (κ3) is 15.4. The minimum atomic E-state index is -0.778. The van der Waals surface area contributed by atoms with Crippen LogP contribution in [0.15, 0.2) is 11.6 Å². The van der Waals surface area contributed by atoms with E-state index in [0.29, 0.717) is 0 Å². The van der Waals surface area contributed by atoms with Gasteiger partial charge >= 0.3 is 5.97 Å². The molecule has 0 aliphatic heterocycles. The molecule has 0 spiro atoms. The summed E-state index contributed by atoms with van der Waals surface area (Å²) in [7, 11) is 0. The lowest BCUT2D eigenvalue weighted by atomic mass is 9.99. The zero-order valence-corrected chi connectivity index (χ0v) is 14.3.